The summed E-state index contributed by atoms with van der Waals surface area (Å²) in [5, 5.41) is 0. The van der Waals surface area contributed by atoms with Gasteiger partial charge in [0, 0.05) is 3.58 Å². The van der Waals surface area contributed by atoms with Crippen LogP contribution >= 0.6 is 45.2 Å². The van der Waals surface area contributed by atoms with Crippen molar-refractivity contribution in [2.75, 3.05) is 0 Å². The molecule has 0 radical (unpaired) electrons. The van der Waals surface area contributed by atoms with E-state index >= 15 is 0 Å². The maximum Gasteiger partial charge on any atom is 0.00651 e. The highest BCUT2D eigenvalue weighted by Crippen LogP contribution is 2.11. The molecule has 0 rings (SSSR count). The molecule has 0 unspecified atom stereocenters. The van der Waals surface area contributed by atoms with Crippen LogP contribution in [0.5, 0.6) is 0 Å². The van der Waals surface area contributed by atoms with Crippen molar-refractivity contribution >= 4 is 45.2 Å². The summed E-state index contributed by atoms with van der Waals surface area (Å²) in [5.41, 5.74) is 0. The average molecular weight is 320 g/mol. The molecule has 0 aliphatic carbocycles. The molecule has 0 saturated carbocycles. The Balaban J connectivity index is 3.68. The van der Waals surface area contributed by atoms with Crippen LogP contribution in [0.25, 0.3) is 0 Å². The molecule has 7 heavy (non-hydrogen) atoms. The summed E-state index contributed by atoms with van der Waals surface area (Å²) in [4.78, 5) is 0. The maximum absolute atomic E-state index is 3.70. The van der Waals surface area contributed by atoms with Crippen molar-refractivity contribution < 1.29 is 0 Å². The topological polar surface area (TPSA) is 0 Å². The Morgan fingerprint density at radius 1 is 1.57 bits per heavy atom. The van der Waals surface area contributed by atoms with E-state index in [1.807, 2.05) is 13.0 Å². The zero-order chi connectivity index (χ0) is 5.86. The van der Waals surface area contributed by atoms with Gasteiger partial charge in [-0.2, -0.15) is 0 Å². The van der Waals surface area contributed by atoms with Gasteiger partial charge in [-0.15, -0.1) is 0 Å². The van der Waals surface area contributed by atoms with E-state index in [1.165, 1.54) is 3.58 Å². The molecular weight excluding hydrogens is 314 g/mol. The molecule has 0 aliphatic heterocycles. The molecule has 2 heteroatoms. The molecule has 0 aromatic carbocycles. The number of halogens is 2. The SMILES string of the molecule is C=C(I)/C=C(\C)I. The number of hydrogen-bond acceptors (Lipinski definition) is 0. The first-order chi connectivity index (χ1) is 3.13. The van der Waals surface area contributed by atoms with Gasteiger partial charge in [0.2, 0.25) is 0 Å². The monoisotopic (exact) mass is 320 g/mol. The second-order valence-electron chi connectivity index (χ2n) is 1.18. The van der Waals surface area contributed by atoms with E-state index in [4.69, 9.17) is 0 Å². The molecule has 0 N–H and O–H groups in total. The van der Waals surface area contributed by atoms with Crippen molar-refractivity contribution in [2.45, 2.75) is 6.92 Å². The summed E-state index contributed by atoms with van der Waals surface area (Å²) >= 11 is 4.44. The lowest BCUT2D eigenvalue weighted by Crippen LogP contribution is -1.55. The largest absolute Gasteiger partial charge is 0.0856 e. The van der Waals surface area contributed by atoms with Gasteiger partial charge in [0.25, 0.3) is 0 Å². The lowest BCUT2D eigenvalue weighted by molar-refractivity contribution is 1.71. The van der Waals surface area contributed by atoms with Crippen LogP contribution in [0.2, 0.25) is 0 Å². The fourth-order valence-electron chi connectivity index (χ4n) is 0.216. The molecule has 0 spiro atoms. The van der Waals surface area contributed by atoms with Gasteiger partial charge in [0.05, 0.1) is 0 Å². The van der Waals surface area contributed by atoms with Crippen molar-refractivity contribution in [3.63, 3.8) is 0 Å². The Bertz CT molecular complexity index is 98.6. The van der Waals surface area contributed by atoms with Crippen LogP contribution in [0.3, 0.4) is 0 Å². The van der Waals surface area contributed by atoms with Crippen LogP contribution < -0.4 is 0 Å². The molecule has 40 valence electrons. The van der Waals surface area contributed by atoms with Gasteiger partial charge in [0.15, 0.2) is 0 Å². The molecule has 0 nitrogen and oxygen atoms in total. The van der Waals surface area contributed by atoms with Crippen molar-refractivity contribution in [2.24, 2.45) is 0 Å². The molecule has 0 atom stereocenters. The molecule has 0 bridgehead atoms. The van der Waals surface area contributed by atoms with Gasteiger partial charge in [0.1, 0.15) is 0 Å². The Morgan fingerprint density at radius 2 is 2.00 bits per heavy atom. The Morgan fingerprint density at radius 3 is 2.00 bits per heavy atom. The minimum atomic E-state index is 1.09. The average Bonchev–Trinajstić information content (AvgIpc) is 1.27. The zero-order valence-corrected chi connectivity index (χ0v) is 8.36. The van der Waals surface area contributed by atoms with E-state index in [0.717, 1.165) is 3.58 Å². The van der Waals surface area contributed by atoms with Crippen molar-refractivity contribution in [1.82, 2.24) is 0 Å². The lowest BCUT2D eigenvalue weighted by Gasteiger charge is -1.81. The van der Waals surface area contributed by atoms with Gasteiger partial charge in [-0.25, -0.2) is 0 Å². The predicted molar refractivity (Wildman–Crippen MR) is 50.9 cm³/mol. The van der Waals surface area contributed by atoms with Crippen LogP contribution in [-0.4, -0.2) is 0 Å². The summed E-state index contributed by atoms with van der Waals surface area (Å²) in [6.45, 7) is 5.75. The normalized spacial score (nSPS) is 11.6. The van der Waals surface area contributed by atoms with E-state index in [2.05, 4.69) is 51.8 Å². The molecule has 0 aliphatic rings. The highest BCUT2D eigenvalue weighted by Gasteiger charge is 1.77. The van der Waals surface area contributed by atoms with Crippen molar-refractivity contribution in [3.8, 4) is 0 Å². The zero-order valence-electron chi connectivity index (χ0n) is 4.04. The van der Waals surface area contributed by atoms with Gasteiger partial charge in [-0.05, 0) is 61.8 Å². The first-order valence-electron chi connectivity index (χ1n) is 1.81. The summed E-state index contributed by atoms with van der Waals surface area (Å²) in [5.74, 6) is 0. The van der Waals surface area contributed by atoms with Crippen LogP contribution in [0, 0.1) is 0 Å². The maximum atomic E-state index is 3.70. The van der Waals surface area contributed by atoms with Crippen LogP contribution in [0.4, 0.5) is 0 Å². The van der Waals surface area contributed by atoms with Crippen LogP contribution in [-0.2, 0) is 0 Å². The summed E-state index contributed by atoms with van der Waals surface area (Å²) in [6, 6.07) is 0. The van der Waals surface area contributed by atoms with Crippen molar-refractivity contribution in [1.29, 1.82) is 0 Å². The highest BCUT2D eigenvalue weighted by molar-refractivity contribution is 14.1. The van der Waals surface area contributed by atoms with Crippen LogP contribution in [0.15, 0.2) is 19.8 Å². The first-order valence-corrected chi connectivity index (χ1v) is 3.97. The Hall–Kier alpha value is 0.940. The number of allylic oxidation sites excluding steroid dienone is 3. The lowest BCUT2D eigenvalue weighted by atomic mass is 10.5. The standard InChI is InChI=1S/C5H6I2/c1-4(6)3-5(2)7/h3H,1H2,2H3/b5-3+. The van der Waals surface area contributed by atoms with Crippen LogP contribution in [0.1, 0.15) is 6.92 Å². The van der Waals surface area contributed by atoms with Gasteiger partial charge < -0.3 is 0 Å². The van der Waals surface area contributed by atoms with E-state index in [9.17, 15) is 0 Å². The highest BCUT2D eigenvalue weighted by atomic mass is 127. The second-order valence-corrected chi connectivity index (χ2v) is 4.27. The van der Waals surface area contributed by atoms with E-state index in [0.29, 0.717) is 0 Å². The number of hydrogen-bond donors (Lipinski definition) is 0. The summed E-state index contributed by atoms with van der Waals surface area (Å²) in [6.07, 6.45) is 2.03. The summed E-state index contributed by atoms with van der Waals surface area (Å²) in [7, 11) is 0. The van der Waals surface area contributed by atoms with Gasteiger partial charge in [-0.3, -0.25) is 0 Å². The third kappa shape index (κ3) is 6.94. The minimum Gasteiger partial charge on any atom is -0.0856 e. The fraction of sp³-hybridized carbons (Fsp3) is 0.200. The predicted octanol–water partition coefficient (Wildman–Crippen LogP) is 3.27. The van der Waals surface area contributed by atoms with Gasteiger partial charge >= 0.3 is 0 Å². The Kier molecular flexibility index (Phi) is 4.41. The third-order valence-corrected chi connectivity index (χ3v) is 0.978. The Labute approximate surface area is 71.3 Å². The molecule has 0 aromatic rings. The van der Waals surface area contributed by atoms with E-state index in [1.54, 1.807) is 0 Å². The van der Waals surface area contributed by atoms with E-state index < -0.39 is 0 Å². The summed E-state index contributed by atoms with van der Waals surface area (Å²) < 4.78 is 2.36. The molecular formula is C5H6I2. The molecule has 0 heterocycles. The fourth-order valence-corrected chi connectivity index (χ4v) is 1.65. The smallest absolute Gasteiger partial charge is 0.00651 e. The number of rotatable bonds is 1. The van der Waals surface area contributed by atoms with E-state index in [-0.39, 0.29) is 0 Å². The van der Waals surface area contributed by atoms with Crippen molar-refractivity contribution in [3.05, 3.63) is 19.8 Å². The molecule has 0 amide bonds. The second kappa shape index (κ2) is 3.88. The quantitative estimate of drug-likeness (QED) is 0.514. The molecule has 0 aromatic heterocycles. The molecule has 0 saturated heterocycles. The van der Waals surface area contributed by atoms with Gasteiger partial charge in [-0.1, -0.05) is 6.58 Å². The third-order valence-electron chi connectivity index (χ3n) is 0.356. The first kappa shape index (κ1) is 7.94. The molecule has 0 fully saturated rings. The minimum absolute atomic E-state index is 1.09.